The summed E-state index contributed by atoms with van der Waals surface area (Å²) in [5, 5.41) is 6.29. The highest BCUT2D eigenvalue weighted by atomic mass is 16.5. The van der Waals surface area contributed by atoms with Gasteiger partial charge in [0.15, 0.2) is 0 Å². The minimum Gasteiger partial charge on any atom is -0.379 e. The Kier molecular flexibility index (Phi) is 7.11. The number of carbonyl (C=O) groups excluding carboxylic acids is 2. The minimum atomic E-state index is 0.0835. The fourth-order valence-corrected chi connectivity index (χ4v) is 4.31. The van der Waals surface area contributed by atoms with Crippen LogP contribution in [0.25, 0.3) is 0 Å². The maximum atomic E-state index is 12.4. The lowest BCUT2D eigenvalue weighted by Gasteiger charge is -2.29. The fraction of sp³-hybridized carbons (Fsp3) is 0.895. The summed E-state index contributed by atoms with van der Waals surface area (Å²) in [7, 11) is 0. The largest absolute Gasteiger partial charge is 0.379 e. The Labute approximate surface area is 151 Å². The van der Waals surface area contributed by atoms with E-state index in [0.717, 1.165) is 71.4 Å². The normalized spacial score (nSPS) is 28.6. The molecule has 1 saturated heterocycles. The number of amides is 2. The molecule has 6 nitrogen and oxygen atoms in total. The molecule has 2 amide bonds. The topological polar surface area (TPSA) is 70.7 Å². The summed E-state index contributed by atoms with van der Waals surface area (Å²) in [6.45, 7) is 5.10. The van der Waals surface area contributed by atoms with Gasteiger partial charge in [-0.15, -0.1) is 0 Å². The van der Waals surface area contributed by atoms with E-state index in [1.807, 2.05) is 0 Å². The smallest absolute Gasteiger partial charge is 0.223 e. The second-order valence-electron chi connectivity index (χ2n) is 7.78. The molecular formula is C19H33N3O3. The van der Waals surface area contributed by atoms with Gasteiger partial charge < -0.3 is 15.4 Å². The zero-order valence-electron chi connectivity index (χ0n) is 15.3. The van der Waals surface area contributed by atoms with Crippen molar-refractivity contribution in [3.05, 3.63) is 0 Å². The predicted octanol–water partition coefficient (Wildman–Crippen LogP) is 1.30. The van der Waals surface area contributed by atoms with Gasteiger partial charge in [0.2, 0.25) is 11.8 Å². The van der Waals surface area contributed by atoms with Crippen molar-refractivity contribution in [3.63, 3.8) is 0 Å². The molecular weight excluding hydrogens is 318 g/mol. The number of ether oxygens (including phenoxy) is 1. The van der Waals surface area contributed by atoms with Crippen molar-refractivity contribution in [1.82, 2.24) is 15.5 Å². The SMILES string of the molecule is O=C(NCCN1CCOCC1)C1CCC(C(=O)NC2CCCC2)CC1. The van der Waals surface area contributed by atoms with Crippen LogP contribution >= 0.6 is 0 Å². The monoisotopic (exact) mass is 351 g/mol. The maximum Gasteiger partial charge on any atom is 0.223 e. The van der Waals surface area contributed by atoms with Crippen LogP contribution in [-0.2, 0) is 14.3 Å². The van der Waals surface area contributed by atoms with Gasteiger partial charge >= 0.3 is 0 Å². The van der Waals surface area contributed by atoms with Gasteiger partial charge in [-0.1, -0.05) is 12.8 Å². The second-order valence-corrected chi connectivity index (χ2v) is 7.78. The Morgan fingerprint density at radius 3 is 2.12 bits per heavy atom. The zero-order chi connectivity index (χ0) is 17.5. The van der Waals surface area contributed by atoms with Crippen LogP contribution in [0, 0.1) is 11.8 Å². The first kappa shape index (κ1) is 18.6. The van der Waals surface area contributed by atoms with E-state index in [4.69, 9.17) is 4.74 Å². The summed E-state index contributed by atoms with van der Waals surface area (Å²) in [4.78, 5) is 27.0. The van der Waals surface area contributed by atoms with E-state index in [1.54, 1.807) is 0 Å². The summed E-state index contributed by atoms with van der Waals surface area (Å²) in [6, 6.07) is 0.397. The third kappa shape index (κ3) is 5.68. The average Bonchev–Trinajstić information content (AvgIpc) is 3.15. The predicted molar refractivity (Wildman–Crippen MR) is 96.1 cm³/mol. The Morgan fingerprint density at radius 2 is 1.48 bits per heavy atom. The molecule has 2 aliphatic carbocycles. The van der Waals surface area contributed by atoms with Crippen LogP contribution in [0.4, 0.5) is 0 Å². The molecule has 0 aromatic heterocycles. The lowest BCUT2D eigenvalue weighted by molar-refractivity contribution is -0.131. The molecule has 2 N–H and O–H groups in total. The lowest BCUT2D eigenvalue weighted by Crippen LogP contribution is -2.43. The van der Waals surface area contributed by atoms with Gasteiger partial charge in [0.25, 0.3) is 0 Å². The van der Waals surface area contributed by atoms with Gasteiger partial charge in [-0.2, -0.15) is 0 Å². The van der Waals surface area contributed by atoms with E-state index in [1.165, 1.54) is 12.8 Å². The molecule has 25 heavy (non-hydrogen) atoms. The average molecular weight is 351 g/mol. The van der Waals surface area contributed by atoms with Crippen LogP contribution in [0.15, 0.2) is 0 Å². The highest BCUT2D eigenvalue weighted by Crippen LogP contribution is 2.29. The van der Waals surface area contributed by atoms with Gasteiger partial charge in [0, 0.05) is 44.1 Å². The van der Waals surface area contributed by atoms with Crippen LogP contribution in [0.2, 0.25) is 0 Å². The molecule has 3 rings (SSSR count). The molecule has 0 spiro atoms. The van der Waals surface area contributed by atoms with Crippen molar-refractivity contribution >= 4 is 11.8 Å². The van der Waals surface area contributed by atoms with E-state index in [-0.39, 0.29) is 23.7 Å². The Bertz CT molecular complexity index is 437. The minimum absolute atomic E-state index is 0.0835. The molecule has 0 aromatic rings. The first-order valence-electron chi connectivity index (χ1n) is 10.1. The molecule has 0 unspecified atom stereocenters. The van der Waals surface area contributed by atoms with Gasteiger partial charge in [0.1, 0.15) is 0 Å². The first-order valence-corrected chi connectivity index (χ1v) is 10.1. The number of morpholine rings is 1. The summed E-state index contributed by atoms with van der Waals surface area (Å²) in [6.07, 6.45) is 8.11. The third-order valence-corrected chi connectivity index (χ3v) is 6.00. The fourth-order valence-electron chi connectivity index (χ4n) is 4.31. The van der Waals surface area contributed by atoms with E-state index < -0.39 is 0 Å². The highest BCUT2D eigenvalue weighted by Gasteiger charge is 2.31. The number of hydrogen-bond acceptors (Lipinski definition) is 4. The van der Waals surface area contributed by atoms with Crippen molar-refractivity contribution in [2.24, 2.45) is 11.8 Å². The van der Waals surface area contributed by atoms with E-state index in [9.17, 15) is 9.59 Å². The zero-order valence-corrected chi connectivity index (χ0v) is 15.3. The molecule has 1 aliphatic heterocycles. The lowest BCUT2D eigenvalue weighted by atomic mass is 9.81. The molecule has 142 valence electrons. The molecule has 1 heterocycles. The van der Waals surface area contributed by atoms with E-state index in [2.05, 4.69) is 15.5 Å². The summed E-state index contributed by atoms with van der Waals surface area (Å²) in [5.41, 5.74) is 0. The molecule has 2 saturated carbocycles. The van der Waals surface area contributed by atoms with Crippen LogP contribution in [0.3, 0.4) is 0 Å². The maximum absolute atomic E-state index is 12.4. The summed E-state index contributed by atoms with van der Waals surface area (Å²) >= 11 is 0. The highest BCUT2D eigenvalue weighted by molar-refractivity contribution is 5.81. The van der Waals surface area contributed by atoms with Crippen molar-refractivity contribution in [1.29, 1.82) is 0 Å². The number of nitrogens with one attached hydrogen (secondary N) is 2. The Morgan fingerprint density at radius 1 is 0.880 bits per heavy atom. The van der Waals surface area contributed by atoms with Crippen molar-refractivity contribution < 1.29 is 14.3 Å². The van der Waals surface area contributed by atoms with Crippen LogP contribution in [0.5, 0.6) is 0 Å². The molecule has 0 bridgehead atoms. The van der Waals surface area contributed by atoms with Crippen LogP contribution < -0.4 is 10.6 Å². The molecule has 3 fully saturated rings. The number of carbonyl (C=O) groups is 2. The summed E-state index contributed by atoms with van der Waals surface area (Å²) < 4.78 is 5.33. The van der Waals surface area contributed by atoms with E-state index >= 15 is 0 Å². The third-order valence-electron chi connectivity index (χ3n) is 6.00. The van der Waals surface area contributed by atoms with Crippen LogP contribution in [0.1, 0.15) is 51.4 Å². The molecule has 3 aliphatic rings. The number of nitrogens with zero attached hydrogens (tertiary/aromatic N) is 1. The molecule has 0 radical (unpaired) electrons. The van der Waals surface area contributed by atoms with Crippen molar-refractivity contribution in [2.45, 2.75) is 57.4 Å². The molecule has 6 heteroatoms. The quantitative estimate of drug-likeness (QED) is 0.757. The molecule has 0 aromatic carbocycles. The first-order chi connectivity index (χ1) is 12.2. The second kappa shape index (κ2) is 9.53. The van der Waals surface area contributed by atoms with Crippen molar-refractivity contribution in [3.8, 4) is 0 Å². The Balaban J connectivity index is 1.30. The van der Waals surface area contributed by atoms with E-state index in [0.29, 0.717) is 12.6 Å². The van der Waals surface area contributed by atoms with Gasteiger partial charge in [0.05, 0.1) is 13.2 Å². The standard InChI is InChI=1S/C19H33N3O3/c23-18(20-9-10-22-11-13-25-14-12-22)15-5-7-16(8-6-15)19(24)21-17-3-1-2-4-17/h15-17H,1-14H2,(H,20,23)(H,21,24). The van der Waals surface area contributed by atoms with Crippen molar-refractivity contribution in [2.75, 3.05) is 39.4 Å². The summed E-state index contributed by atoms with van der Waals surface area (Å²) in [5.74, 6) is 0.583. The van der Waals surface area contributed by atoms with Gasteiger partial charge in [-0.05, 0) is 38.5 Å². The number of hydrogen-bond donors (Lipinski definition) is 2. The number of rotatable bonds is 6. The van der Waals surface area contributed by atoms with Crippen LogP contribution in [-0.4, -0.2) is 62.1 Å². The van der Waals surface area contributed by atoms with Gasteiger partial charge in [-0.3, -0.25) is 14.5 Å². The van der Waals surface area contributed by atoms with Gasteiger partial charge in [-0.25, -0.2) is 0 Å². The molecule has 0 atom stereocenters. The Hall–Kier alpha value is -1.14.